The summed E-state index contributed by atoms with van der Waals surface area (Å²) in [6.45, 7) is 4.82. The number of hydrogen-bond acceptors (Lipinski definition) is 5. The van der Waals surface area contributed by atoms with Crippen LogP contribution in [0.25, 0.3) is 16.6 Å². The molecule has 3 aromatic heterocycles. The molecule has 1 atom stereocenters. The lowest BCUT2D eigenvalue weighted by Gasteiger charge is -2.20. The predicted octanol–water partition coefficient (Wildman–Crippen LogP) is 6.07. The predicted molar refractivity (Wildman–Crippen MR) is 123 cm³/mol. The van der Waals surface area contributed by atoms with Crippen LogP contribution < -0.4 is 10.1 Å². The van der Waals surface area contributed by atoms with Gasteiger partial charge in [0.1, 0.15) is 17.6 Å². The second kappa shape index (κ2) is 9.43. The van der Waals surface area contributed by atoms with Crippen molar-refractivity contribution in [3.8, 4) is 11.4 Å². The van der Waals surface area contributed by atoms with E-state index in [0.717, 1.165) is 34.8 Å². The van der Waals surface area contributed by atoms with Crippen LogP contribution in [0.3, 0.4) is 0 Å². The Balaban J connectivity index is 1.71. The molecular formula is C23H23BrFN5O. The highest BCUT2D eigenvalue weighted by Crippen LogP contribution is 2.33. The van der Waals surface area contributed by atoms with Gasteiger partial charge in [-0.25, -0.2) is 14.1 Å². The van der Waals surface area contributed by atoms with Crippen molar-refractivity contribution in [3.63, 3.8) is 0 Å². The van der Waals surface area contributed by atoms with Crippen LogP contribution in [0.15, 0.2) is 59.5 Å². The first-order chi connectivity index (χ1) is 15.0. The largest absolute Gasteiger partial charge is 0.480 e. The first-order valence-electron chi connectivity index (χ1n) is 10.2. The molecule has 3 heterocycles. The van der Waals surface area contributed by atoms with Crippen molar-refractivity contribution in [3.05, 3.63) is 71.0 Å². The lowest BCUT2D eigenvalue weighted by Crippen LogP contribution is -2.13. The van der Waals surface area contributed by atoms with Gasteiger partial charge in [-0.05, 0) is 43.7 Å². The first kappa shape index (κ1) is 21.2. The van der Waals surface area contributed by atoms with Crippen LogP contribution in [0.1, 0.15) is 38.5 Å². The Morgan fingerprint density at radius 2 is 2.13 bits per heavy atom. The number of benzene rings is 1. The molecule has 31 heavy (non-hydrogen) atoms. The fourth-order valence-electron chi connectivity index (χ4n) is 3.32. The SMILES string of the molecule is CCCCNc1nc2ccc(Br)cc2cc1OC(C)c1ncc(F)cc1-n1cccn1. The summed E-state index contributed by atoms with van der Waals surface area (Å²) in [6, 6.07) is 11.1. The van der Waals surface area contributed by atoms with E-state index in [-0.39, 0.29) is 0 Å². The van der Waals surface area contributed by atoms with Crippen molar-refractivity contribution in [1.82, 2.24) is 19.7 Å². The molecule has 1 aromatic carbocycles. The summed E-state index contributed by atoms with van der Waals surface area (Å²) in [4.78, 5) is 9.07. The molecule has 0 amide bonds. The number of anilines is 1. The number of pyridine rings is 2. The highest BCUT2D eigenvalue weighted by Gasteiger charge is 2.19. The van der Waals surface area contributed by atoms with Crippen molar-refractivity contribution in [2.45, 2.75) is 32.8 Å². The van der Waals surface area contributed by atoms with Crippen molar-refractivity contribution in [1.29, 1.82) is 0 Å². The van der Waals surface area contributed by atoms with Gasteiger partial charge in [0.2, 0.25) is 0 Å². The lowest BCUT2D eigenvalue weighted by atomic mass is 10.2. The Hall–Kier alpha value is -3.00. The first-order valence-corrected chi connectivity index (χ1v) is 11.0. The van der Waals surface area contributed by atoms with Crippen LogP contribution in [0.2, 0.25) is 0 Å². The molecule has 0 bridgehead atoms. The summed E-state index contributed by atoms with van der Waals surface area (Å²) >= 11 is 3.51. The molecule has 1 N–H and O–H groups in total. The maximum absolute atomic E-state index is 13.9. The summed E-state index contributed by atoms with van der Waals surface area (Å²) in [7, 11) is 0. The van der Waals surface area contributed by atoms with Crippen LogP contribution >= 0.6 is 15.9 Å². The van der Waals surface area contributed by atoms with Crippen molar-refractivity contribution in [2.24, 2.45) is 0 Å². The minimum Gasteiger partial charge on any atom is -0.480 e. The van der Waals surface area contributed by atoms with Gasteiger partial charge in [-0.15, -0.1) is 0 Å². The number of hydrogen-bond donors (Lipinski definition) is 1. The second-order valence-corrected chi connectivity index (χ2v) is 8.14. The topological polar surface area (TPSA) is 64.9 Å². The molecule has 4 aromatic rings. The van der Waals surface area contributed by atoms with E-state index in [2.05, 4.69) is 38.3 Å². The monoisotopic (exact) mass is 483 g/mol. The normalized spacial score (nSPS) is 12.1. The quantitative estimate of drug-likeness (QED) is 0.308. The number of nitrogens with zero attached hydrogens (tertiary/aromatic N) is 4. The molecule has 160 valence electrons. The summed E-state index contributed by atoms with van der Waals surface area (Å²) in [6.07, 6.45) is 6.22. The van der Waals surface area contributed by atoms with Crippen molar-refractivity contribution < 1.29 is 9.13 Å². The van der Waals surface area contributed by atoms with E-state index < -0.39 is 11.9 Å². The van der Waals surface area contributed by atoms with Gasteiger partial charge in [0, 0.05) is 34.9 Å². The van der Waals surface area contributed by atoms with Crippen LogP contribution in [0, 0.1) is 5.82 Å². The molecule has 0 aliphatic rings. The number of fused-ring (bicyclic) bond motifs is 1. The van der Waals surface area contributed by atoms with Gasteiger partial charge in [0.15, 0.2) is 11.6 Å². The Bertz CT molecular complexity index is 1180. The van der Waals surface area contributed by atoms with Gasteiger partial charge in [-0.1, -0.05) is 29.3 Å². The minimum absolute atomic E-state index is 0.430. The number of nitrogens with one attached hydrogen (secondary N) is 1. The molecule has 0 fully saturated rings. The van der Waals surface area contributed by atoms with Gasteiger partial charge < -0.3 is 10.1 Å². The number of rotatable bonds is 8. The molecule has 1 unspecified atom stereocenters. The fraction of sp³-hybridized carbons (Fsp3) is 0.261. The fourth-order valence-corrected chi connectivity index (χ4v) is 3.70. The zero-order chi connectivity index (χ0) is 21.8. The van der Waals surface area contributed by atoms with Gasteiger partial charge in [0.25, 0.3) is 0 Å². The van der Waals surface area contributed by atoms with E-state index >= 15 is 0 Å². The van der Waals surface area contributed by atoms with Crippen molar-refractivity contribution in [2.75, 3.05) is 11.9 Å². The van der Waals surface area contributed by atoms with Gasteiger partial charge >= 0.3 is 0 Å². The number of ether oxygens (including phenoxy) is 1. The summed E-state index contributed by atoms with van der Waals surface area (Å²) in [5, 5.41) is 8.56. The van der Waals surface area contributed by atoms with E-state index in [1.807, 2.05) is 31.2 Å². The zero-order valence-corrected chi connectivity index (χ0v) is 18.9. The summed E-state index contributed by atoms with van der Waals surface area (Å²) in [5.41, 5.74) is 1.99. The molecule has 6 nitrogen and oxygen atoms in total. The number of aromatic nitrogens is 4. The summed E-state index contributed by atoms with van der Waals surface area (Å²) in [5.74, 6) is 0.866. The highest BCUT2D eigenvalue weighted by atomic mass is 79.9. The molecule has 0 aliphatic carbocycles. The standard InChI is InChI=1S/C23H23BrFN5O/c1-3-4-8-26-23-21(12-16-11-17(24)6-7-19(16)29-23)31-15(2)22-20(13-18(25)14-27-22)30-10-5-9-28-30/h5-7,9-15H,3-4,8H2,1-2H3,(H,26,29). The van der Waals surface area contributed by atoms with Crippen LogP contribution in [0.5, 0.6) is 5.75 Å². The lowest BCUT2D eigenvalue weighted by molar-refractivity contribution is 0.222. The average Bonchev–Trinajstić information content (AvgIpc) is 3.29. The molecule has 0 saturated heterocycles. The Labute approximate surface area is 188 Å². The summed E-state index contributed by atoms with van der Waals surface area (Å²) < 4.78 is 22.8. The molecule has 4 rings (SSSR count). The smallest absolute Gasteiger partial charge is 0.169 e. The molecule has 0 saturated carbocycles. The van der Waals surface area contributed by atoms with Crippen LogP contribution in [0.4, 0.5) is 10.2 Å². The van der Waals surface area contributed by atoms with E-state index in [4.69, 9.17) is 9.72 Å². The molecule has 0 aliphatic heterocycles. The third kappa shape index (κ3) is 4.85. The Morgan fingerprint density at radius 3 is 2.90 bits per heavy atom. The van der Waals surface area contributed by atoms with Crippen LogP contribution in [-0.4, -0.2) is 26.3 Å². The average molecular weight is 484 g/mol. The Morgan fingerprint density at radius 1 is 1.26 bits per heavy atom. The minimum atomic E-state index is -0.460. The van der Waals surface area contributed by atoms with E-state index in [9.17, 15) is 4.39 Å². The third-order valence-electron chi connectivity index (χ3n) is 4.87. The zero-order valence-electron chi connectivity index (χ0n) is 17.3. The number of halogens is 2. The van der Waals surface area contributed by atoms with E-state index in [1.54, 1.807) is 23.1 Å². The molecule has 0 radical (unpaired) electrons. The molecular weight excluding hydrogens is 461 g/mol. The maximum atomic E-state index is 13.9. The van der Waals surface area contributed by atoms with Gasteiger partial charge in [-0.3, -0.25) is 4.98 Å². The van der Waals surface area contributed by atoms with Crippen LogP contribution in [-0.2, 0) is 0 Å². The van der Waals surface area contributed by atoms with Crippen molar-refractivity contribution >= 4 is 32.7 Å². The second-order valence-electron chi connectivity index (χ2n) is 7.22. The van der Waals surface area contributed by atoms with Gasteiger partial charge in [-0.2, -0.15) is 5.10 Å². The maximum Gasteiger partial charge on any atom is 0.169 e. The highest BCUT2D eigenvalue weighted by molar-refractivity contribution is 9.10. The third-order valence-corrected chi connectivity index (χ3v) is 5.36. The Kier molecular flexibility index (Phi) is 6.46. The molecule has 0 spiro atoms. The van der Waals surface area contributed by atoms with Gasteiger partial charge in [0.05, 0.1) is 17.4 Å². The van der Waals surface area contributed by atoms with E-state index in [0.29, 0.717) is 22.9 Å². The number of unbranched alkanes of at least 4 members (excludes halogenated alkanes) is 1. The molecule has 8 heteroatoms. The van der Waals surface area contributed by atoms with E-state index in [1.165, 1.54) is 12.3 Å².